The Labute approximate surface area is 264 Å². The summed E-state index contributed by atoms with van der Waals surface area (Å²) in [5.41, 5.74) is 7.42. The normalized spacial score (nSPS) is 15.7. The summed E-state index contributed by atoms with van der Waals surface area (Å²) in [6.45, 7) is 0.424. The first-order valence-corrected chi connectivity index (χ1v) is 16.0. The zero-order valence-electron chi connectivity index (χ0n) is 24.8. The second kappa shape index (κ2) is 11.4. The van der Waals surface area contributed by atoms with E-state index in [9.17, 15) is 4.79 Å². The summed E-state index contributed by atoms with van der Waals surface area (Å²) in [6, 6.07) is 38.7. The number of hydrogen-bond donors (Lipinski definition) is 0. The number of thiazole rings is 1. The molecule has 0 bridgehead atoms. The average molecular weight is 607 g/mol. The lowest BCUT2D eigenvalue weighted by Crippen LogP contribution is -2.39. The first-order chi connectivity index (χ1) is 22.2. The molecular weight excluding hydrogens is 577 g/mol. The number of ether oxygens (including phenoxy) is 2. The van der Waals surface area contributed by atoms with Gasteiger partial charge in [-0.2, -0.15) is 0 Å². The number of methoxy groups -OCH3 is 1. The van der Waals surface area contributed by atoms with Gasteiger partial charge in [-0.25, -0.2) is 4.99 Å². The fourth-order valence-corrected chi connectivity index (χ4v) is 7.63. The highest BCUT2D eigenvalue weighted by atomic mass is 32.1. The van der Waals surface area contributed by atoms with Crippen LogP contribution in [0, 0.1) is 0 Å². The maximum atomic E-state index is 14.3. The van der Waals surface area contributed by atoms with Crippen LogP contribution in [0.3, 0.4) is 0 Å². The molecule has 8 rings (SSSR count). The Morgan fingerprint density at radius 3 is 2.51 bits per heavy atom. The van der Waals surface area contributed by atoms with Crippen molar-refractivity contribution in [2.45, 2.75) is 25.5 Å². The molecule has 1 atom stereocenters. The highest BCUT2D eigenvalue weighted by Gasteiger charge is 2.34. The highest BCUT2D eigenvalue weighted by molar-refractivity contribution is 7.07. The number of fused-ring (bicyclic) bond motifs is 4. The third kappa shape index (κ3) is 4.78. The van der Waals surface area contributed by atoms with Crippen LogP contribution in [0.4, 0.5) is 0 Å². The van der Waals surface area contributed by atoms with Gasteiger partial charge in [0.25, 0.3) is 5.56 Å². The van der Waals surface area contributed by atoms with Gasteiger partial charge in [0.1, 0.15) is 18.1 Å². The number of allylic oxidation sites excluding steroid dienone is 1. The number of rotatable bonds is 6. The lowest BCUT2D eigenvalue weighted by Gasteiger charge is -2.31. The van der Waals surface area contributed by atoms with Crippen LogP contribution >= 0.6 is 11.3 Å². The molecule has 0 radical (unpaired) electrons. The summed E-state index contributed by atoms with van der Waals surface area (Å²) in [5.74, 6) is 1.49. The summed E-state index contributed by atoms with van der Waals surface area (Å²) in [4.78, 5) is 20.2. The van der Waals surface area contributed by atoms with Crippen molar-refractivity contribution in [3.05, 3.63) is 168 Å². The molecule has 0 saturated heterocycles. The number of hydrogen-bond acceptors (Lipinski definition) is 5. The Morgan fingerprint density at radius 1 is 0.844 bits per heavy atom. The molecule has 0 unspecified atom stereocenters. The minimum Gasteiger partial charge on any atom is -0.496 e. The first kappa shape index (κ1) is 27.4. The monoisotopic (exact) mass is 606 g/mol. The van der Waals surface area contributed by atoms with Crippen LogP contribution in [0.2, 0.25) is 0 Å². The molecule has 45 heavy (non-hydrogen) atoms. The average Bonchev–Trinajstić information content (AvgIpc) is 3.40. The fraction of sp³-hybridized carbons (Fsp3) is 0.128. The predicted molar refractivity (Wildman–Crippen MR) is 180 cm³/mol. The Hall–Kier alpha value is -5.20. The standard InChI is InChI=1S/C39H30N2O3S/c1-43-34-20-9-7-18-31(34)37-32-22-21-26-12-3-6-17-30(26)36(32)40-39-41(37)38(42)35(45-39)23-27-13-4-8-19-33(27)44-24-28-15-10-14-25-11-2-5-16-29(25)28/h2-20,23,37H,21-22,24H2,1H3/b35-23-/t37-/m1/s1. The van der Waals surface area contributed by atoms with Crippen molar-refractivity contribution < 1.29 is 9.47 Å². The fourth-order valence-electron chi connectivity index (χ4n) is 6.64. The topological polar surface area (TPSA) is 52.8 Å². The van der Waals surface area contributed by atoms with E-state index in [0.29, 0.717) is 15.9 Å². The van der Waals surface area contributed by atoms with Gasteiger partial charge in [0, 0.05) is 16.7 Å². The van der Waals surface area contributed by atoms with Crippen molar-refractivity contribution in [2.75, 3.05) is 7.11 Å². The quantitative estimate of drug-likeness (QED) is 0.204. The van der Waals surface area contributed by atoms with E-state index in [1.165, 1.54) is 27.7 Å². The molecule has 0 saturated carbocycles. The Kier molecular flexibility index (Phi) is 6.92. The van der Waals surface area contributed by atoms with E-state index in [4.69, 9.17) is 14.5 Å². The van der Waals surface area contributed by atoms with Gasteiger partial charge in [0.15, 0.2) is 4.80 Å². The predicted octanol–water partition coefficient (Wildman–Crippen LogP) is 7.06. The van der Waals surface area contributed by atoms with Crippen LogP contribution in [-0.2, 0) is 13.0 Å². The van der Waals surface area contributed by atoms with Gasteiger partial charge >= 0.3 is 0 Å². The molecular formula is C39H30N2O3S. The van der Waals surface area contributed by atoms with Crippen molar-refractivity contribution in [2.24, 2.45) is 4.99 Å². The zero-order chi connectivity index (χ0) is 30.3. The van der Waals surface area contributed by atoms with Crippen LogP contribution in [-0.4, -0.2) is 11.7 Å². The molecule has 0 N–H and O–H groups in total. The van der Waals surface area contributed by atoms with Crippen LogP contribution in [0.25, 0.3) is 22.5 Å². The molecule has 6 heteroatoms. The summed E-state index contributed by atoms with van der Waals surface area (Å²) in [5, 5.41) is 2.36. The largest absolute Gasteiger partial charge is 0.496 e. The highest BCUT2D eigenvalue weighted by Crippen LogP contribution is 2.43. The smallest absolute Gasteiger partial charge is 0.271 e. The summed E-state index contributed by atoms with van der Waals surface area (Å²) in [6.07, 6.45) is 3.67. The maximum absolute atomic E-state index is 14.3. The summed E-state index contributed by atoms with van der Waals surface area (Å²) < 4.78 is 14.7. The van der Waals surface area contributed by atoms with Gasteiger partial charge in [-0.1, -0.05) is 114 Å². The maximum Gasteiger partial charge on any atom is 0.271 e. The minimum atomic E-state index is -0.305. The third-order valence-electron chi connectivity index (χ3n) is 8.78. The molecule has 1 aliphatic heterocycles. The molecule has 2 aliphatic rings. The van der Waals surface area contributed by atoms with Crippen molar-refractivity contribution in [1.29, 1.82) is 0 Å². The number of aryl methyl sites for hydroxylation is 1. The van der Waals surface area contributed by atoms with Gasteiger partial charge in [0.2, 0.25) is 0 Å². The minimum absolute atomic E-state index is 0.0658. The number of nitrogens with zero attached hydrogens (tertiary/aromatic N) is 2. The van der Waals surface area contributed by atoms with E-state index >= 15 is 0 Å². The van der Waals surface area contributed by atoms with Crippen molar-refractivity contribution in [3.8, 4) is 11.5 Å². The molecule has 5 nitrogen and oxygen atoms in total. The molecule has 0 spiro atoms. The molecule has 2 heterocycles. The number of aromatic nitrogens is 1. The van der Waals surface area contributed by atoms with E-state index < -0.39 is 0 Å². The molecule has 0 amide bonds. The molecule has 0 fully saturated rings. The van der Waals surface area contributed by atoms with E-state index in [2.05, 4.69) is 60.7 Å². The van der Waals surface area contributed by atoms with Gasteiger partial charge in [0.05, 0.1) is 23.4 Å². The third-order valence-corrected chi connectivity index (χ3v) is 9.76. The molecule has 1 aromatic heterocycles. The molecule has 5 aromatic carbocycles. The second-order valence-corrected chi connectivity index (χ2v) is 12.3. The number of benzene rings is 5. The van der Waals surface area contributed by atoms with Crippen LogP contribution in [0.5, 0.6) is 11.5 Å². The van der Waals surface area contributed by atoms with Crippen molar-refractivity contribution >= 4 is 33.9 Å². The molecule has 220 valence electrons. The van der Waals surface area contributed by atoms with Crippen LogP contribution < -0.4 is 24.4 Å². The molecule has 1 aliphatic carbocycles. The van der Waals surface area contributed by atoms with E-state index in [0.717, 1.165) is 57.9 Å². The van der Waals surface area contributed by atoms with Gasteiger partial charge in [-0.15, -0.1) is 0 Å². The lowest BCUT2D eigenvalue weighted by atomic mass is 9.83. The summed E-state index contributed by atoms with van der Waals surface area (Å²) >= 11 is 1.42. The SMILES string of the molecule is COc1ccccc1[C@@H]1C2=C(N=c3s/c(=C\c4ccccc4OCc4cccc5ccccc45)c(=O)n31)c1ccccc1CC2. The van der Waals surface area contributed by atoms with E-state index in [-0.39, 0.29) is 11.6 Å². The van der Waals surface area contributed by atoms with E-state index in [1.54, 1.807) is 7.11 Å². The Morgan fingerprint density at radius 2 is 1.60 bits per heavy atom. The van der Waals surface area contributed by atoms with Crippen molar-refractivity contribution in [3.63, 3.8) is 0 Å². The van der Waals surface area contributed by atoms with Gasteiger partial charge in [-0.05, 0) is 58.5 Å². The second-order valence-electron chi connectivity index (χ2n) is 11.3. The van der Waals surface area contributed by atoms with Gasteiger partial charge < -0.3 is 9.47 Å². The van der Waals surface area contributed by atoms with E-state index in [1.807, 2.05) is 65.2 Å². The first-order valence-electron chi connectivity index (χ1n) is 15.1. The number of para-hydroxylation sites is 2. The lowest BCUT2D eigenvalue weighted by molar-refractivity contribution is 0.307. The molecule has 6 aromatic rings. The van der Waals surface area contributed by atoms with Gasteiger partial charge in [-0.3, -0.25) is 9.36 Å². The van der Waals surface area contributed by atoms with Crippen molar-refractivity contribution in [1.82, 2.24) is 4.57 Å². The van der Waals surface area contributed by atoms with Crippen LogP contribution in [0.1, 0.15) is 40.3 Å². The Bertz CT molecular complexity index is 2310. The van der Waals surface area contributed by atoms with Crippen LogP contribution in [0.15, 0.2) is 131 Å². The zero-order valence-corrected chi connectivity index (χ0v) is 25.6. The Balaban J connectivity index is 1.25. The summed E-state index contributed by atoms with van der Waals surface area (Å²) in [7, 11) is 1.68.